The monoisotopic (exact) mass is 145 g/mol. The van der Waals surface area contributed by atoms with Gasteiger partial charge in [0.15, 0.2) is 0 Å². The maximum Gasteiger partial charge on any atom is 0.0377 e. The number of hydrogen-bond acceptors (Lipinski definition) is 1. The van der Waals surface area contributed by atoms with Gasteiger partial charge in [-0.1, -0.05) is 0 Å². The molecule has 2 fully saturated rings. The van der Waals surface area contributed by atoms with Gasteiger partial charge in [-0.25, -0.2) is 0 Å². The molecular formula is C7H12ClN. The zero-order valence-electron chi connectivity index (χ0n) is 5.49. The number of halogens is 1. The van der Waals surface area contributed by atoms with Crippen molar-refractivity contribution in [1.82, 2.24) is 5.32 Å². The summed E-state index contributed by atoms with van der Waals surface area (Å²) >= 11 is 5.70. The van der Waals surface area contributed by atoms with Gasteiger partial charge in [0.05, 0.1) is 0 Å². The largest absolute Gasteiger partial charge is 0.312 e. The second kappa shape index (κ2) is 1.86. The van der Waals surface area contributed by atoms with Crippen LogP contribution in [-0.4, -0.2) is 18.5 Å². The highest BCUT2D eigenvalue weighted by Gasteiger charge is 2.47. The molecule has 2 heteroatoms. The zero-order chi connectivity index (χ0) is 6.32. The van der Waals surface area contributed by atoms with Crippen LogP contribution >= 0.6 is 11.6 Å². The van der Waals surface area contributed by atoms with E-state index in [1.54, 1.807) is 0 Å². The van der Waals surface area contributed by atoms with Crippen LogP contribution in [0.25, 0.3) is 0 Å². The van der Waals surface area contributed by atoms with E-state index in [-0.39, 0.29) is 0 Å². The maximum atomic E-state index is 5.70. The Morgan fingerprint density at radius 2 is 2.33 bits per heavy atom. The van der Waals surface area contributed by atoms with Gasteiger partial charge in [0.25, 0.3) is 0 Å². The highest BCUT2D eigenvalue weighted by molar-refractivity contribution is 6.18. The highest BCUT2D eigenvalue weighted by Crippen LogP contribution is 2.51. The van der Waals surface area contributed by atoms with E-state index in [9.17, 15) is 0 Å². The average Bonchev–Trinajstić information content (AvgIpc) is 2.44. The molecule has 1 aliphatic carbocycles. The topological polar surface area (TPSA) is 12.0 Å². The third-order valence-corrected chi connectivity index (χ3v) is 2.96. The lowest BCUT2D eigenvalue weighted by Gasteiger charge is -2.02. The van der Waals surface area contributed by atoms with Crippen molar-refractivity contribution in [3.63, 3.8) is 0 Å². The fourth-order valence-electron chi connectivity index (χ4n) is 1.69. The summed E-state index contributed by atoms with van der Waals surface area (Å²) in [5.74, 6) is 0.793. The number of alkyl halides is 1. The fourth-order valence-corrected chi connectivity index (χ4v) is 1.91. The van der Waals surface area contributed by atoms with Gasteiger partial charge in [0.1, 0.15) is 0 Å². The van der Waals surface area contributed by atoms with Crippen LogP contribution in [0, 0.1) is 5.41 Å². The van der Waals surface area contributed by atoms with E-state index in [1.165, 1.54) is 25.8 Å². The van der Waals surface area contributed by atoms with Crippen molar-refractivity contribution in [2.75, 3.05) is 12.4 Å². The Labute approximate surface area is 60.8 Å². The lowest BCUT2D eigenvalue weighted by molar-refractivity contribution is 0.558. The molecule has 0 aromatic carbocycles. The molecule has 1 unspecified atom stereocenters. The van der Waals surface area contributed by atoms with Crippen LogP contribution in [0.5, 0.6) is 0 Å². The molecule has 0 aromatic rings. The molecule has 1 saturated heterocycles. The van der Waals surface area contributed by atoms with Crippen molar-refractivity contribution in [2.24, 2.45) is 5.41 Å². The normalized spacial score (nSPS) is 37.7. The number of hydrogen-bond donors (Lipinski definition) is 1. The van der Waals surface area contributed by atoms with Crippen molar-refractivity contribution in [1.29, 1.82) is 0 Å². The third kappa shape index (κ3) is 0.968. The predicted octanol–water partition coefficient (Wildman–Crippen LogP) is 1.37. The quantitative estimate of drug-likeness (QED) is 0.550. The molecule has 52 valence electrons. The summed E-state index contributed by atoms with van der Waals surface area (Å²) in [4.78, 5) is 0. The van der Waals surface area contributed by atoms with Gasteiger partial charge in [-0.15, -0.1) is 11.6 Å². The molecule has 2 aliphatic rings. The van der Waals surface area contributed by atoms with E-state index in [4.69, 9.17) is 11.6 Å². The van der Waals surface area contributed by atoms with Crippen LogP contribution in [0.2, 0.25) is 0 Å². The molecule has 1 nitrogen and oxygen atoms in total. The van der Waals surface area contributed by atoms with Crippen LogP contribution in [0.1, 0.15) is 19.3 Å². The predicted molar refractivity (Wildman–Crippen MR) is 38.8 cm³/mol. The average molecular weight is 146 g/mol. The van der Waals surface area contributed by atoms with Crippen molar-refractivity contribution in [2.45, 2.75) is 25.3 Å². The summed E-state index contributed by atoms with van der Waals surface area (Å²) in [6, 6.07) is 0.620. The highest BCUT2D eigenvalue weighted by atomic mass is 35.5. The van der Waals surface area contributed by atoms with Crippen LogP contribution in [0.4, 0.5) is 0 Å². The summed E-state index contributed by atoms with van der Waals surface area (Å²) in [6.07, 6.45) is 4.21. The number of rotatable bonds is 1. The first-order chi connectivity index (χ1) is 4.35. The minimum Gasteiger partial charge on any atom is -0.312 e. The van der Waals surface area contributed by atoms with Crippen LogP contribution in [0.15, 0.2) is 0 Å². The van der Waals surface area contributed by atoms with E-state index < -0.39 is 0 Å². The Balaban J connectivity index is 1.93. The molecule has 0 bridgehead atoms. The summed E-state index contributed by atoms with van der Waals surface area (Å²) < 4.78 is 0. The Kier molecular flexibility index (Phi) is 1.24. The summed E-state index contributed by atoms with van der Waals surface area (Å²) in [5, 5.41) is 3.43. The van der Waals surface area contributed by atoms with Crippen molar-refractivity contribution in [3.05, 3.63) is 0 Å². The molecule has 0 aromatic heterocycles. The third-order valence-electron chi connectivity index (χ3n) is 2.59. The minimum absolute atomic E-state index is 0.620. The molecule has 1 aliphatic heterocycles. The van der Waals surface area contributed by atoms with E-state index in [2.05, 4.69) is 5.32 Å². The van der Waals surface area contributed by atoms with Gasteiger partial charge in [-0.2, -0.15) is 0 Å². The Morgan fingerprint density at radius 1 is 1.56 bits per heavy atom. The van der Waals surface area contributed by atoms with Crippen molar-refractivity contribution < 1.29 is 0 Å². The van der Waals surface area contributed by atoms with E-state index in [0.717, 1.165) is 11.3 Å². The molecule has 1 saturated carbocycles. The molecule has 1 N–H and O–H groups in total. The Morgan fingerprint density at radius 3 is 2.67 bits per heavy atom. The first-order valence-electron chi connectivity index (χ1n) is 3.64. The first-order valence-corrected chi connectivity index (χ1v) is 4.17. The first kappa shape index (κ1) is 5.99. The minimum atomic E-state index is 0.620. The SMILES string of the molecule is ClCC1CC2(CC2)CN1. The van der Waals surface area contributed by atoms with Crippen molar-refractivity contribution in [3.8, 4) is 0 Å². The standard InChI is InChI=1S/C7H12ClN/c8-4-6-3-7(1-2-7)5-9-6/h6,9H,1-5H2. The maximum absolute atomic E-state index is 5.70. The van der Waals surface area contributed by atoms with Gasteiger partial charge < -0.3 is 5.32 Å². The molecule has 2 rings (SSSR count). The molecule has 1 atom stereocenters. The van der Waals surface area contributed by atoms with E-state index in [0.29, 0.717) is 6.04 Å². The van der Waals surface area contributed by atoms with E-state index in [1.807, 2.05) is 0 Å². The lowest BCUT2D eigenvalue weighted by atomic mass is 10.0. The van der Waals surface area contributed by atoms with Gasteiger partial charge >= 0.3 is 0 Å². The fraction of sp³-hybridized carbons (Fsp3) is 1.00. The molecule has 0 amide bonds. The van der Waals surface area contributed by atoms with Crippen LogP contribution < -0.4 is 5.32 Å². The summed E-state index contributed by atoms with van der Waals surface area (Å²) in [7, 11) is 0. The van der Waals surface area contributed by atoms with Crippen LogP contribution in [-0.2, 0) is 0 Å². The Hall–Kier alpha value is 0.250. The van der Waals surface area contributed by atoms with Crippen LogP contribution in [0.3, 0.4) is 0 Å². The lowest BCUT2D eigenvalue weighted by Crippen LogP contribution is -2.22. The summed E-state index contributed by atoms with van der Waals surface area (Å²) in [5.41, 5.74) is 0.722. The van der Waals surface area contributed by atoms with Gasteiger partial charge in [-0.05, 0) is 24.7 Å². The Bertz CT molecular complexity index is 120. The van der Waals surface area contributed by atoms with E-state index >= 15 is 0 Å². The molecule has 1 spiro atoms. The molecule has 0 radical (unpaired) electrons. The van der Waals surface area contributed by atoms with Gasteiger partial charge in [0, 0.05) is 18.5 Å². The van der Waals surface area contributed by atoms with Gasteiger partial charge in [-0.3, -0.25) is 0 Å². The molecule has 1 heterocycles. The summed E-state index contributed by atoms with van der Waals surface area (Å²) in [6.45, 7) is 1.23. The smallest absolute Gasteiger partial charge is 0.0377 e. The second-order valence-electron chi connectivity index (χ2n) is 3.44. The van der Waals surface area contributed by atoms with Crippen molar-refractivity contribution >= 4 is 11.6 Å². The number of nitrogens with one attached hydrogen (secondary N) is 1. The molecular weight excluding hydrogens is 134 g/mol. The second-order valence-corrected chi connectivity index (χ2v) is 3.74. The zero-order valence-corrected chi connectivity index (χ0v) is 6.25. The van der Waals surface area contributed by atoms with Gasteiger partial charge in [0.2, 0.25) is 0 Å². The molecule has 9 heavy (non-hydrogen) atoms.